The van der Waals surface area contributed by atoms with E-state index < -0.39 is 0 Å². The maximum absolute atomic E-state index is 5.88. The molecular weight excluding hydrogens is 210 g/mol. The predicted molar refractivity (Wildman–Crippen MR) is 63.0 cm³/mol. The van der Waals surface area contributed by atoms with E-state index in [9.17, 15) is 0 Å². The fourth-order valence-electron chi connectivity index (χ4n) is 1.11. The van der Waals surface area contributed by atoms with Crippen LogP contribution >= 0.6 is 11.6 Å². The maximum Gasteiger partial charge on any atom is 0.144 e. The summed E-state index contributed by atoms with van der Waals surface area (Å²) in [6.45, 7) is 9.11. The molecule has 0 aliphatic rings. The molecule has 0 radical (unpaired) electrons. The van der Waals surface area contributed by atoms with Gasteiger partial charge in [0.15, 0.2) is 0 Å². The van der Waals surface area contributed by atoms with Crippen molar-refractivity contribution in [3.8, 4) is 0 Å². The standard InChI is InChI=1S/C11H18ClN3/c1-8-6-9(12)14-10(13-8)7-15(5)11(2,3)4/h6H,7H2,1-5H3. The van der Waals surface area contributed by atoms with Gasteiger partial charge in [-0.3, -0.25) is 4.90 Å². The Bertz CT molecular complexity index is 324. The molecule has 0 aliphatic carbocycles. The molecule has 1 aromatic heterocycles. The van der Waals surface area contributed by atoms with Crippen molar-refractivity contribution in [3.63, 3.8) is 0 Å². The predicted octanol–water partition coefficient (Wildman–Crippen LogP) is 2.67. The molecule has 1 aromatic rings. The second-order valence-electron chi connectivity index (χ2n) is 4.78. The van der Waals surface area contributed by atoms with Gasteiger partial charge >= 0.3 is 0 Å². The van der Waals surface area contributed by atoms with Gasteiger partial charge in [-0.25, -0.2) is 9.97 Å². The smallest absolute Gasteiger partial charge is 0.144 e. The molecule has 0 aliphatic heterocycles. The number of nitrogens with zero attached hydrogens (tertiary/aromatic N) is 3. The van der Waals surface area contributed by atoms with Crippen LogP contribution in [0.2, 0.25) is 5.15 Å². The zero-order valence-corrected chi connectivity index (χ0v) is 10.8. The van der Waals surface area contributed by atoms with E-state index >= 15 is 0 Å². The van der Waals surface area contributed by atoms with Crippen LogP contribution in [0.15, 0.2) is 6.07 Å². The van der Waals surface area contributed by atoms with E-state index in [1.165, 1.54) is 0 Å². The molecule has 0 fully saturated rings. The van der Waals surface area contributed by atoms with E-state index in [0.717, 1.165) is 11.5 Å². The molecule has 84 valence electrons. The summed E-state index contributed by atoms with van der Waals surface area (Å²) in [4.78, 5) is 10.7. The SMILES string of the molecule is Cc1cc(Cl)nc(CN(C)C(C)(C)C)n1. The summed E-state index contributed by atoms with van der Waals surface area (Å²) in [6.07, 6.45) is 0. The van der Waals surface area contributed by atoms with Gasteiger partial charge in [-0.05, 0) is 40.8 Å². The second-order valence-corrected chi connectivity index (χ2v) is 5.16. The van der Waals surface area contributed by atoms with Crippen molar-refractivity contribution in [1.82, 2.24) is 14.9 Å². The van der Waals surface area contributed by atoms with E-state index in [1.54, 1.807) is 6.07 Å². The van der Waals surface area contributed by atoms with Gasteiger partial charge in [0.1, 0.15) is 11.0 Å². The minimum atomic E-state index is 0.111. The van der Waals surface area contributed by atoms with Crippen LogP contribution in [-0.4, -0.2) is 27.5 Å². The van der Waals surface area contributed by atoms with E-state index in [0.29, 0.717) is 11.7 Å². The van der Waals surface area contributed by atoms with Crippen molar-refractivity contribution in [2.45, 2.75) is 39.8 Å². The van der Waals surface area contributed by atoms with Crippen molar-refractivity contribution >= 4 is 11.6 Å². The topological polar surface area (TPSA) is 29.0 Å². The number of hydrogen-bond donors (Lipinski definition) is 0. The van der Waals surface area contributed by atoms with Crippen LogP contribution in [0.25, 0.3) is 0 Å². The summed E-state index contributed by atoms with van der Waals surface area (Å²) in [5, 5.41) is 0.514. The molecule has 1 rings (SSSR count). The van der Waals surface area contributed by atoms with Crippen LogP contribution in [0.5, 0.6) is 0 Å². The Balaban J connectivity index is 2.81. The van der Waals surface area contributed by atoms with Crippen LogP contribution < -0.4 is 0 Å². The Hall–Kier alpha value is -0.670. The zero-order valence-electron chi connectivity index (χ0n) is 10.0. The molecule has 3 nitrogen and oxygen atoms in total. The van der Waals surface area contributed by atoms with Crippen LogP contribution in [0.4, 0.5) is 0 Å². The average Bonchev–Trinajstić information content (AvgIpc) is 1.99. The largest absolute Gasteiger partial charge is 0.294 e. The second kappa shape index (κ2) is 4.45. The Morgan fingerprint density at radius 1 is 1.33 bits per heavy atom. The first-order chi connectivity index (χ1) is 6.79. The van der Waals surface area contributed by atoms with Gasteiger partial charge in [-0.1, -0.05) is 11.6 Å². The molecule has 1 heterocycles. The van der Waals surface area contributed by atoms with E-state index in [4.69, 9.17) is 11.6 Å². The highest BCUT2D eigenvalue weighted by Crippen LogP contribution is 2.14. The van der Waals surface area contributed by atoms with Gasteiger partial charge < -0.3 is 0 Å². The van der Waals surface area contributed by atoms with Crippen LogP contribution in [0.1, 0.15) is 32.3 Å². The molecule has 0 N–H and O–H groups in total. The molecular formula is C11H18ClN3. The first-order valence-corrected chi connectivity index (χ1v) is 5.38. The summed E-state index contributed by atoms with van der Waals surface area (Å²) < 4.78 is 0. The van der Waals surface area contributed by atoms with Crippen molar-refractivity contribution in [2.75, 3.05) is 7.05 Å². The summed E-state index contributed by atoms with van der Waals surface area (Å²) >= 11 is 5.88. The summed E-state index contributed by atoms with van der Waals surface area (Å²) in [5.74, 6) is 0.775. The molecule has 0 aromatic carbocycles. The minimum absolute atomic E-state index is 0.111. The lowest BCUT2D eigenvalue weighted by molar-refractivity contribution is 0.163. The van der Waals surface area contributed by atoms with Gasteiger partial charge in [0.2, 0.25) is 0 Å². The maximum atomic E-state index is 5.88. The minimum Gasteiger partial charge on any atom is -0.294 e. The van der Waals surface area contributed by atoms with Gasteiger partial charge in [-0.15, -0.1) is 0 Å². The first kappa shape index (κ1) is 12.4. The summed E-state index contributed by atoms with van der Waals surface area (Å²) in [6, 6.07) is 1.77. The fraction of sp³-hybridized carbons (Fsp3) is 0.636. The summed E-state index contributed by atoms with van der Waals surface area (Å²) in [5.41, 5.74) is 1.02. The molecule has 0 saturated carbocycles. The number of aromatic nitrogens is 2. The van der Waals surface area contributed by atoms with E-state index in [-0.39, 0.29) is 5.54 Å². The third-order valence-electron chi connectivity index (χ3n) is 2.39. The highest BCUT2D eigenvalue weighted by atomic mass is 35.5. The third-order valence-corrected chi connectivity index (χ3v) is 2.59. The van der Waals surface area contributed by atoms with Crippen molar-refractivity contribution in [3.05, 3.63) is 22.7 Å². The number of hydrogen-bond acceptors (Lipinski definition) is 3. The lowest BCUT2D eigenvalue weighted by atomic mass is 10.1. The zero-order chi connectivity index (χ0) is 11.6. The van der Waals surface area contributed by atoms with Crippen LogP contribution in [0, 0.1) is 6.92 Å². The van der Waals surface area contributed by atoms with Crippen LogP contribution in [-0.2, 0) is 6.54 Å². The van der Waals surface area contributed by atoms with Crippen molar-refractivity contribution in [1.29, 1.82) is 0 Å². The Morgan fingerprint density at radius 3 is 2.40 bits per heavy atom. The Labute approximate surface area is 96.5 Å². The van der Waals surface area contributed by atoms with Gasteiger partial charge in [0.05, 0.1) is 6.54 Å². The summed E-state index contributed by atoms with van der Waals surface area (Å²) in [7, 11) is 2.06. The van der Waals surface area contributed by atoms with E-state index in [2.05, 4.69) is 42.7 Å². The molecule has 0 unspecified atom stereocenters. The highest BCUT2D eigenvalue weighted by molar-refractivity contribution is 6.29. The Morgan fingerprint density at radius 2 is 1.93 bits per heavy atom. The monoisotopic (exact) mass is 227 g/mol. The molecule has 0 saturated heterocycles. The average molecular weight is 228 g/mol. The van der Waals surface area contributed by atoms with Crippen molar-refractivity contribution in [2.24, 2.45) is 0 Å². The number of rotatable bonds is 2. The normalized spacial score (nSPS) is 12.2. The lowest BCUT2D eigenvalue weighted by Gasteiger charge is -2.31. The van der Waals surface area contributed by atoms with Crippen molar-refractivity contribution < 1.29 is 0 Å². The van der Waals surface area contributed by atoms with Gasteiger partial charge in [0, 0.05) is 11.2 Å². The Kier molecular flexibility index (Phi) is 3.68. The van der Waals surface area contributed by atoms with Gasteiger partial charge in [-0.2, -0.15) is 0 Å². The van der Waals surface area contributed by atoms with Gasteiger partial charge in [0.25, 0.3) is 0 Å². The number of halogens is 1. The number of aryl methyl sites for hydroxylation is 1. The van der Waals surface area contributed by atoms with Crippen LogP contribution in [0.3, 0.4) is 0 Å². The molecule has 0 atom stereocenters. The van der Waals surface area contributed by atoms with E-state index in [1.807, 2.05) is 6.92 Å². The molecule has 4 heteroatoms. The third kappa shape index (κ3) is 3.76. The fourth-order valence-corrected chi connectivity index (χ4v) is 1.36. The molecule has 0 amide bonds. The molecule has 15 heavy (non-hydrogen) atoms. The first-order valence-electron chi connectivity index (χ1n) is 5.00. The molecule has 0 bridgehead atoms. The lowest BCUT2D eigenvalue weighted by Crippen LogP contribution is -2.37. The molecule has 0 spiro atoms. The highest BCUT2D eigenvalue weighted by Gasteiger charge is 2.18. The quantitative estimate of drug-likeness (QED) is 0.728.